The predicted molar refractivity (Wildman–Crippen MR) is 47.1 cm³/mol. The first kappa shape index (κ1) is 15.1. The van der Waals surface area contributed by atoms with Gasteiger partial charge in [-0.2, -0.15) is 26.3 Å². The predicted octanol–water partition coefficient (Wildman–Crippen LogP) is 4.15. The maximum atomic E-state index is 12.4. The van der Waals surface area contributed by atoms with Gasteiger partial charge in [-0.25, -0.2) is 5.26 Å². The number of hydrogen-bond donors (Lipinski definition) is 1. The quantitative estimate of drug-likeness (QED) is 0.393. The molecule has 1 aromatic rings. The molecule has 0 aliphatic rings. The molecule has 0 radical (unpaired) electrons. The SMILES string of the molecule is OOOSc1cc(C(F)(F)F)cc(C(F)(F)F)c1. The minimum absolute atomic E-state index is 0.00875. The van der Waals surface area contributed by atoms with Crippen LogP contribution in [0, 0.1) is 0 Å². The van der Waals surface area contributed by atoms with Gasteiger partial charge in [-0.3, -0.25) is 0 Å². The van der Waals surface area contributed by atoms with Gasteiger partial charge in [-0.15, -0.1) is 4.33 Å². The fraction of sp³-hybridized carbons (Fsp3) is 0.250. The van der Waals surface area contributed by atoms with Gasteiger partial charge in [0.15, 0.2) is 0 Å². The van der Waals surface area contributed by atoms with Crippen LogP contribution >= 0.6 is 12.0 Å². The van der Waals surface area contributed by atoms with Crippen molar-refractivity contribution in [3.8, 4) is 0 Å². The lowest BCUT2D eigenvalue weighted by Gasteiger charge is -2.13. The summed E-state index contributed by atoms with van der Waals surface area (Å²) in [6.45, 7) is 0. The summed E-state index contributed by atoms with van der Waals surface area (Å²) in [5.74, 6) is 0. The van der Waals surface area contributed by atoms with Crippen LogP contribution in [0.15, 0.2) is 23.1 Å². The van der Waals surface area contributed by atoms with Crippen LogP contribution < -0.4 is 0 Å². The van der Waals surface area contributed by atoms with Crippen LogP contribution in [-0.2, 0) is 21.7 Å². The van der Waals surface area contributed by atoms with Crippen LogP contribution in [0.25, 0.3) is 0 Å². The molecule has 0 saturated heterocycles. The summed E-state index contributed by atoms with van der Waals surface area (Å²) in [4.78, 5) is -0.522. The van der Waals surface area contributed by atoms with E-state index in [9.17, 15) is 26.3 Å². The molecule has 0 saturated carbocycles. The van der Waals surface area contributed by atoms with Gasteiger partial charge >= 0.3 is 12.4 Å². The summed E-state index contributed by atoms with van der Waals surface area (Å²) >= 11 is 0.00875. The molecule has 18 heavy (non-hydrogen) atoms. The van der Waals surface area contributed by atoms with Crippen molar-refractivity contribution in [3.63, 3.8) is 0 Å². The summed E-state index contributed by atoms with van der Waals surface area (Å²) in [6.07, 6.45) is -9.87. The van der Waals surface area contributed by atoms with Crippen molar-refractivity contribution in [2.24, 2.45) is 0 Å². The Morgan fingerprint density at radius 1 is 0.889 bits per heavy atom. The first-order chi connectivity index (χ1) is 8.14. The van der Waals surface area contributed by atoms with E-state index >= 15 is 0 Å². The van der Waals surface area contributed by atoms with Crippen LogP contribution in [0.3, 0.4) is 0 Å². The third kappa shape index (κ3) is 4.05. The molecule has 0 bridgehead atoms. The molecule has 102 valence electrons. The van der Waals surface area contributed by atoms with Crippen molar-refractivity contribution in [3.05, 3.63) is 29.3 Å². The third-order valence-corrected chi connectivity index (χ3v) is 2.28. The first-order valence-corrected chi connectivity index (χ1v) is 4.83. The molecule has 10 heteroatoms. The minimum Gasteiger partial charge on any atom is -0.220 e. The van der Waals surface area contributed by atoms with Gasteiger partial charge in [0, 0.05) is 4.90 Å². The Bertz CT molecular complexity index is 384. The Balaban J connectivity index is 3.21. The fourth-order valence-corrected chi connectivity index (χ4v) is 1.49. The second-order valence-electron chi connectivity index (χ2n) is 2.97. The highest BCUT2D eigenvalue weighted by Crippen LogP contribution is 2.38. The number of rotatable bonds is 3. The second kappa shape index (κ2) is 5.34. The summed E-state index contributed by atoms with van der Waals surface area (Å²) < 4.78 is 78.0. The van der Waals surface area contributed by atoms with Crippen molar-refractivity contribution in [2.45, 2.75) is 17.2 Å². The highest BCUT2D eigenvalue weighted by molar-refractivity contribution is 7.94. The lowest BCUT2D eigenvalue weighted by molar-refractivity contribution is -0.432. The molecule has 3 nitrogen and oxygen atoms in total. The Morgan fingerprint density at radius 3 is 1.67 bits per heavy atom. The average molecular weight is 294 g/mol. The number of halogens is 6. The zero-order chi connectivity index (χ0) is 14.0. The molecule has 0 aliphatic heterocycles. The second-order valence-corrected chi connectivity index (χ2v) is 3.74. The van der Waals surface area contributed by atoms with Gasteiger partial charge in [0.05, 0.1) is 23.2 Å². The van der Waals surface area contributed by atoms with E-state index in [2.05, 4.69) is 9.37 Å². The monoisotopic (exact) mass is 294 g/mol. The fourth-order valence-electron chi connectivity index (χ4n) is 1.03. The normalized spacial score (nSPS) is 12.8. The van der Waals surface area contributed by atoms with Crippen molar-refractivity contribution in [1.29, 1.82) is 0 Å². The van der Waals surface area contributed by atoms with E-state index in [1.165, 1.54) is 0 Å². The van der Waals surface area contributed by atoms with E-state index in [-0.39, 0.29) is 18.1 Å². The number of benzene rings is 1. The van der Waals surface area contributed by atoms with E-state index in [1.807, 2.05) is 0 Å². The Hall–Kier alpha value is -0.970. The molecule has 0 fully saturated rings. The van der Waals surface area contributed by atoms with Gasteiger partial charge < -0.3 is 0 Å². The minimum atomic E-state index is -4.93. The summed E-state index contributed by atoms with van der Waals surface area (Å²) in [6, 6.07) is 0.835. The molecule has 0 unspecified atom stereocenters. The van der Waals surface area contributed by atoms with Crippen molar-refractivity contribution in [2.75, 3.05) is 0 Å². The number of hydrogen-bond acceptors (Lipinski definition) is 4. The van der Waals surface area contributed by atoms with E-state index in [4.69, 9.17) is 5.26 Å². The smallest absolute Gasteiger partial charge is 0.220 e. The molecule has 0 aliphatic carbocycles. The summed E-state index contributed by atoms with van der Waals surface area (Å²) in [5, 5.41) is 10.9. The van der Waals surface area contributed by atoms with E-state index in [0.717, 1.165) is 0 Å². The van der Waals surface area contributed by atoms with E-state index in [0.29, 0.717) is 12.1 Å². The Morgan fingerprint density at radius 2 is 1.33 bits per heavy atom. The molecule has 0 atom stereocenters. The molecule has 1 N–H and O–H groups in total. The lowest BCUT2D eigenvalue weighted by Crippen LogP contribution is -2.10. The summed E-state index contributed by atoms with van der Waals surface area (Å²) in [5.41, 5.74) is -2.97. The van der Waals surface area contributed by atoms with Crippen molar-refractivity contribution in [1.82, 2.24) is 0 Å². The number of alkyl halides is 6. The lowest BCUT2D eigenvalue weighted by atomic mass is 10.1. The van der Waals surface area contributed by atoms with Gasteiger partial charge in [0.2, 0.25) is 0 Å². The Kier molecular flexibility index (Phi) is 4.48. The van der Waals surface area contributed by atoms with Crippen LogP contribution in [0.2, 0.25) is 0 Å². The molecule has 0 aromatic heterocycles. The zero-order valence-electron chi connectivity index (χ0n) is 8.17. The standard InChI is InChI=1S/C8H4F6O3S/c9-7(10,11)4-1-5(8(12,13)14)3-6(2-4)18-17-16-15/h1-3,15H. The molecule has 0 amide bonds. The highest BCUT2D eigenvalue weighted by atomic mass is 32.2. The van der Waals surface area contributed by atoms with Crippen LogP contribution in [0.1, 0.15) is 11.1 Å². The molecule has 0 heterocycles. The van der Waals surface area contributed by atoms with Crippen molar-refractivity contribution >= 4 is 12.0 Å². The highest BCUT2D eigenvalue weighted by Gasteiger charge is 2.37. The van der Waals surface area contributed by atoms with Gasteiger partial charge in [-0.1, -0.05) is 5.04 Å². The van der Waals surface area contributed by atoms with Crippen LogP contribution in [-0.4, -0.2) is 5.26 Å². The topological polar surface area (TPSA) is 38.7 Å². The Labute approximate surface area is 100 Å². The largest absolute Gasteiger partial charge is 0.416 e. The van der Waals surface area contributed by atoms with Crippen molar-refractivity contribution < 1.29 is 41.0 Å². The maximum absolute atomic E-state index is 12.4. The summed E-state index contributed by atoms with van der Waals surface area (Å²) in [7, 11) is 0. The van der Waals surface area contributed by atoms with E-state index < -0.39 is 28.4 Å². The van der Waals surface area contributed by atoms with Crippen LogP contribution in [0.4, 0.5) is 26.3 Å². The molecular weight excluding hydrogens is 290 g/mol. The molecular formula is C8H4F6O3S. The molecule has 1 rings (SSSR count). The van der Waals surface area contributed by atoms with Gasteiger partial charge in [-0.05, 0) is 18.2 Å². The molecule has 1 aromatic carbocycles. The van der Waals surface area contributed by atoms with Crippen LogP contribution in [0.5, 0.6) is 0 Å². The third-order valence-electron chi connectivity index (χ3n) is 1.72. The van der Waals surface area contributed by atoms with E-state index in [1.54, 1.807) is 0 Å². The first-order valence-electron chi connectivity index (χ1n) is 4.09. The molecule has 0 spiro atoms. The maximum Gasteiger partial charge on any atom is 0.416 e. The van der Waals surface area contributed by atoms with Gasteiger partial charge in [0.1, 0.15) is 0 Å². The van der Waals surface area contributed by atoms with Gasteiger partial charge in [0.25, 0.3) is 0 Å². The zero-order valence-corrected chi connectivity index (χ0v) is 8.99. The average Bonchev–Trinajstić information content (AvgIpc) is 2.23.